The highest BCUT2D eigenvalue weighted by molar-refractivity contribution is 7.92. The summed E-state index contributed by atoms with van der Waals surface area (Å²) in [6, 6.07) is 2.94. The van der Waals surface area contributed by atoms with Crippen molar-refractivity contribution in [2.24, 2.45) is 0 Å². The van der Waals surface area contributed by atoms with Gasteiger partial charge in [0.05, 0.1) is 4.90 Å². The summed E-state index contributed by atoms with van der Waals surface area (Å²) in [6.07, 6.45) is 0. The molecular formula is C9H11FN2O3S. The maximum Gasteiger partial charge on any atom is 0.235 e. The van der Waals surface area contributed by atoms with Crippen molar-refractivity contribution in [3.05, 3.63) is 24.0 Å². The highest BCUT2D eigenvalue weighted by atomic mass is 32.2. The van der Waals surface area contributed by atoms with Gasteiger partial charge in [-0.1, -0.05) is 0 Å². The minimum Gasteiger partial charge on any atom is -0.399 e. The second kappa shape index (κ2) is 4.48. The van der Waals surface area contributed by atoms with Crippen molar-refractivity contribution >= 4 is 21.4 Å². The number of benzene rings is 1. The van der Waals surface area contributed by atoms with Gasteiger partial charge in [0.25, 0.3) is 0 Å². The third-order valence-corrected chi connectivity index (χ3v) is 3.45. The van der Waals surface area contributed by atoms with Crippen molar-refractivity contribution in [1.29, 1.82) is 0 Å². The van der Waals surface area contributed by atoms with Crippen LogP contribution in [0.1, 0.15) is 0 Å². The number of amides is 1. The molecule has 0 bridgehead atoms. The summed E-state index contributed by atoms with van der Waals surface area (Å²) in [5.41, 5.74) is 5.31. The Kier molecular flexibility index (Phi) is 3.48. The van der Waals surface area contributed by atoms with Crippen molar-refractivity contribution in [1.82, 2.24) is 5.32 Å². The van der Waals surface area contributed by atoms with Crippen LogP contribution >= 0.6 is 0 Å². The van der Waals surface area contributed by atoms with E-state index in [1.807, 2.05) is 0 Å². The van der Waals surface area contributed by atoms with Crippen LogP contribution in [0.25, 0.3) is 0 Å². The number of hydrogen-bond acceptors (Lipinski definition) is 4. The third-order valence-electron chi connectivity index (χ3n) is 1.85. The number of carbonyl (C=O) groups excluding carboxylic acids is 1. The first-order chi connectivity index (χ1) is 7.35. The van der Waals surface area contributed by atoms with Gasteiger partial charge in [-0.3, -0.25) is 4.79 Å². The first-order valence-electron chi connectivity index (χ1n) is 4.34. The van der Waals surface area contributed by atoms with Crippen LogP contribution in [0.3, 0.4) is 0 Å². The number of anilines is 1. The van der Waals surface area contributed by atoms with E-state index in [1.54, 1.807) is 0 Å². The quantitative estimate of drug-likeness (QED) is 0.730. The minimum absolute atomic E-state index is 0.00418. The predicted octanol–water partition coefficient (Wildman–Crippen LogP) is -0.0724. The first kappa shape index (κ1) is 12.4. The van der Waals surface area contributed by atoms with Gasteiger partial charge >= 0.3 is 0 Å². The summed E-state index contributed by atoms with van der Waals surface area (Å²) in [5.74, 6) is -2.15. The molecule has 0 saturated carbocycles. The van der Waals surface area contributed by atoms with Gasteiger partial charge in [-0.15, -0.1) is 0 Å². The molecule has 1 rings (SSSR count). The number of halogens is 1. The molecule has 7 heteroatoms. The molecular weight excluding hydrogens is 235 g/mol. The van der Waals surface area contributed by atoms with Gasteiger partial charge in [0, 0.05) is 12.7 Å². The van der Waals surface area contributed by atoms with Gasteiger partial charge in [-0.2, -0.15) is 0 Å². The van der Waals surface area contributed by atoms with Gasteiger partial charge in [0.2, 0.25) is 5.91 Å². The van der Waals surface area contributed by atoms with E-state index < -0.39 is 27.3 Å². The van der Waals surface area contributed by atoms with E-state index in [0.717, 1.165) is 18.2 Å². The van der Waals surface area contributed by atoms with Crippen LogP contribution < -0.4 is 11.1 Å². The summed E-state index contributed by atoms with van der Waals surface area (Å²) in [7, 11) is -2.53. The zero-order chi connectivity index (χ0) is 12.3. The molecule has 0 spiro atoms. The monoisotopic (exact) mass is 246 g/mol. The molecule has 0 heterocycles. The molecule has 1 aromatic rings. The predicted molar refractivity (Wildman–Crippen MR) is 56.9 cm³/mol. The molecule has 0 saturated heterocycles. The molecule has 1 aromatic carbocycles. The first-order valence-corrected chi connectivity index (χ1v) is 6.00. The van der Waals surface area contributed by atoms with Crippen molar-refractivity contribution in [2.45, 2.75) is 4.90 Å². The molecule has 88 valence electrons. The van der Waals surface area contributed by atoms with E-state index in [9.17, 15) is 17.6 Å². The summed E-state index contributed by atoms with van der Waals surface area (Å²) in [5, 5.41) is 2.18. The number of nitrogens with two attached hydrogens (primary N) is 1. The second-order valence-electron chi connectivity index (χ2n) is 3.15. The van der Waals surface area contributed by atoms with Crippen LogP contribution in [0.15, 0.2) is 23.1 Å². The number of carbonyl (C=O) groups is 1. The van der Waals surface area contributed by atoms with Gasteiger partial charge in [0.1, 0.15) is 11.6 Å². The number of hydrogen-bond donors (Lipinski definition) is 2. The highest BCUT2D eigenvalue weighted by Crippen LogP contribution is 2.17. The number of rotatable bonds is 3. The van der Waals surface area contributed by atoms with Gasteiger partial charge in [0.15, 0.2) is 9.84 Å². The van der Waals surface area contributed by atoms with E-state index in [0.29, 0.717) is 0 Å². The van der Waals surface area contributed by atoms with Crippen molar-refractivity contribution in [2.75, 3.05) is 18.5 Å². The molecule has 0 fully saturated rings. The van der Waals surface area contributed by atoms with Gasteiger partial charge < -0.3 is 11.1 Å². The SMILES string of the molecule is CNC(=O)CS(=O)(=O)c1cc(N)cc(F)c1. The zero-order valence-corrected chi connectivity index (χ0v) is 9.34. The van der Waals surface area contributed by atoms with Crippen molar-refractivity contribution < 1.29 is 17.6 Å². The average molecular weight is 246 g/mol. The fourth-order valence-electron chi connectivity index (χ4n) is 1.09. The van der Waals surface area contributed by atoms with Crippen LogP contribution in [0.5, 0.6) is 0 Å². The van der Waals surface area contributed by atoms with E-state index >= 15 is 0 Å². The molecule has 0 aliphatic heterocycles. The summed E-state index contributed by atoms with van der Waals surface area (Å²) in [4.78, 5) is 10.7. The summed E-state index contributed by atoms with van der Waals surface area (Å²) in [6.45, 7) is 0. The Hall–Kier alpha value is -1.63. The molecule has 1 amide bonds. The Labute approximate surface area is 92.4 Å². The Morgan fingerprint density at radius 2 is 2.06 bits per heavy atom. The van der Waals surface area contributed by atoms with Gasteiger partial charge in [-0.25, -0.2) is 12.8 Å². The lowest BCUT2D eigenvalue weighted by Gasteiger charge is -2.04. The number of sulfone groups is 1. The third kappa shape index (κ3) is 2.93. The zero-order valence-electron chi connectivity index (χ0n) is 8.53. The Morgan fingerprint density at radius 1 is 1.44 bits per heavy atom. The largest absolute Gasteiger partial charge is 0.399 e. The van der Waals surface area contributed by atoms with E-state index in [-0.39, 0.29) is 10.6 Å². The molecule has 5 nitrogen and oxygen atoms in total. The molecule has 3 N–H and O–H groups in total. The second-order valence-corrected chi connectivity index (χ2v) is 5.14. The molecule has 0 aromatic heterocycles. The van der Waals surface area contributed by atoms with Crippen LogP contribution in [0, 0.1) is 5.82 Å². The fourth-order valence-corrected chi connectivity index (χ4v) is 2.36. The van der Waals surface area contributed by atoms with Gasteiger partial charge in [-0.05, 0) is 18.2 Å². The standard InChI is InChI=1S/C9H11FN2O3S/c1-12-9(13)5-16(14,15)8-3-6(10)2-7(11)4-8/h2-4H,5,11H2,1H3,(H,12,13). The molecule has 0 radical (unpaired) electrons. The van der Waals surface area contributed by atoms with E-state index in [4.69, 9.17) is 5.73 Å². The summed E-state index contributed by atoms with van der Waals surface area (Å²) >= 11 is 0. The van der Waals surface area contributed by atoms with Crippen LogP contribution in [-0.4, -0.2) is 27.1 Å². The molecule has 0 aliphatic rings. The normalized spacial score (nSPS) is 11.1. The minimum atomic E-state index is -3.85. The smallest absolute Gasteiger partial charge is 0.235 e. The summed E-state index contributed by atoms with van der Waals surface area (Å²) < 4.78 is 36.2. The van der Waals surface area contributed by atoms with Crippen molar-refractivity contribution in [3.8, 4) is 0 Å². The van der Waals surface area contributed by atoms with Crippen molar-refractivity contribution in [3.63, 3.8) is 0 Å². The van der Waals surface area contributed by atoms with E-state index in [2.05, 4.69) is 5.32 Å². The van der Waals surface area contributed by atoms with Crippen LogP contribution in [-0.2, 0) is 14.6 Å². The van der Waals surface area contributed by atoms with E-state index in [1.165, 1.54) is 7.05 Å². The average Bonchev–Trinajstić information content (AvgIpc) is 2.15. The molecule has 0 unspecified atom stereocenters. The topological polar surface area (TPSA) is 89.3 Å². The lowest BCUT2D eigenvalue weighted by Crippen LogP contribution is -2.27. The number of nitrogens with one attached hydrogen (secondary N) is 1. The number of nitrogen functional groups attached to an aromatic ring is 1. The molecule has 16 heavy (non-hydrogen) atoms. The Bertz CT molecular complexity index is 493. The Balaban J connectivity index is 3.12. The van der Waals surface area contributed by atoms with Crippen LogP contribution in [0.4, 0.5) is 10.1 Å². The lowest BCUT2D eigenvalue weighted by atomic mass is 10.3. The maximum atomic E-state index is 12.9. The highest BCUT2D eigenvalue weighted by Gasteiger charge is 2.19. The fraction of sp³-hybridized carbons (Fsp3) is 0.222. The van der Waals surface area contributed by atoms with Crippen LogP contribution in [0.2, 0.25) is 0 Å². The molecule has 0 aliphatic carbocycles. The maximum absolute atomic E-state index is 12.9. The Morgan fingerprint density at radius 3 is 2.56 bits per heavy atom. The molecule has 0 atom stereocenters. The lowest BCUT2D eigenvalue weighted by molar-refractivity contribution is -0.118.